The van der Waals surface area contributed by atoms with Crippen LogP contribution in [0.2, 0.25) is 15.1 Å². The fourth-order valence-electron chi connectivity index (χ4n) is 2.13. The summed E-state index contributed by atoms with van der Waals surface area (Å²) in [6, 6.07) is 12.0. The van der Waals surface area contributed by atoms with Crippen molar-refractivity contribution < 1.29 is 4.79 Å². The summed E-state index contributed by atoms with van der Waals surface area (Å²) in [4.78, 5) is 12.3. The Hall–Kier alpha value is -1.26. The number of benzene rings is 2. The van der Waals surface area contributed by atoms with Crippen LogP contribution in [-0.4, -0.2) is 11.9 Å². The van der Waals surface area contributed by atoms with Crippen LogP contribution in [0.1, 0.15) is 25.5 Å². The maximum absolute atomic E-state index is 12.3. The monoisotopic (exact) mass is 370 g/mol. The molecule has 0 spiro atoms. The molecule has 0 bridgehead atoms. The van der Waals surface area contributed by atoms with Gasteiger partial charge in [0, 0.05) is 16.1 Å². The molecule has 0 aliphatic heterocycles. The number of rotatable bonds is 5. The summed E-state index contributed by atoms with van der Waals surface area (Å²) < 4.78 is 0. The van der Waals surface area contributed by atoms with Gasteiger partial charge in [-0.2, -0.15) is 0 Å². The van der Waals surface area contributed by atoms with Crippen LogP contribution in [0.3, 0.4) is 0 Å². The molecule has 0 aromatic heterocycles. The zero-order chi connectivity index (χ0) is 17.0. The highest BCUT2D eigenvalue weighted by molar-refractivity contribution is 6.35. The Balaban J connectivity index is 1.99. The summed E-state index contributed by atoms with van der Waals surface area (Å²) in [5.41, 5.74) is 1.55. The van der Waals surface area contributed by atoms with Crippen LogP contribution in [0.4, 0.5) is 5.69 Å². The number of hydrogen-bond donors (Lipinski definition) is 2. The van der Waals surface area contributed by atoms with Gasteiger partial charge in [0.1, 0.15) is 0 Å². The molecule has 23 heavy (non-hydrogen) atoms. The first-order valence-corrected chi connectivity index (χ1v) is 8.27. The van der Waals surface area contributed by atoms with Gasteiger partial charge in [-0.05, 0) is 49.7 Å². The number of halogens is 3. The Kier molecular flexibility index (Phi) is 6.31. The highest BCUT2D eigenvalue weighted by atomic mass is 35.5. The molecule has 0 unspecified atom stereocenters. The van der Waals surface area contributed by atoms with E-state index in [-0.39, 0.29) is 11.9 Å². The van der Waals surface area contributed by atoms with Crippen LogP contribution in [0, 0.1) is 0 Å². The summed E-state index contributed by atoms with van der Waals surface area (Å²) in [5, 5.41) is 7.66. The maximum Gasteiger partial charge on any atom is 0.241 e. The van der Waals surface area contributed by atoms with E-state index in [0.717, 1.165) is 5.56 Å². The molecule has 2 rings (SSSR count). The van der Waals surface area contributed by atoms with E-state index < -0.39 is 6.04 Å². The van der Waals surface area contributed by atoms with Crippen LogP contribution >= 0.6 is 34.8 Å². The molecule has 0 radical (unpaired) electrons. The van der Waals surface area contributed by atoms with Crippen molar-refractivity contribution in [1.82, 2.24) is 5.32 Å². The van der Waals surface area contributed by atoms with Crippen molar-refractivity contribution >= 4 is 46.4 Å². The molecular weight excluding hydrogens is 355 g/mol. The molecule has 2 aromatic carbocycles. The molecule has 0 aliphatic carbocycles. The summed E-state index contributed by atoms with van der Waals surface area (Å²) in [6.07, 6.45) is 0. The van der Waals surface area contributed by atoms with Crippen LogP contribution in [-0.2, 0) is 4.79 Å². The Bertz CT molecular complexity index is 689. The molecule has 2 atom stereocenters. The lowest BCUT2D eigenvalue weighted by molar-refractivity contribution is -0.117. The molecule has 3 nitrogen and oxygen atoms in total. The van der Waals surface area contributed by atoms with Gasteiger partial charge in [-0.15, -0.1) is 0 Å². The molecule has 2 aromatic rings. The third kappa shape index (κ3) is 5.11. The van der Waals surface area contributed by atoms with E-state index in [9.17, 15) is 4.79 Å². The van der Waals surface area contributed by atoms with Crippen molar-refractivity contribution in [2.75, 3.05) is 5.32 Å². The standard InChI is InChI=1S/C17H17Cl3N2O/c1-10(12-3-5-13(18)6-4-12)21-11(2)17(23)22-16-9-14(19)7-8-15(16)20/h3-11,21H,1-2H3,(H,22,23)/t10-,11-/m0/s1. The number of carbonyl (C=O) groups excluding carboxylic acids is 1. The SMILES string of the molecule is C[C@H](N[C@@H](C)c1ccc(Cl)cc1)C(=O)Nc1cc(Cl)ccc1Cl. The second-order valence-electron chi connectivity index (χ2n) is 5.28. The molecule has 122 valence electrons. The quantitative estimate of drug-likeness (QED) is 0.746. The summed E-state index contributed by atoms with van der Waals surface area (Å²) >= 11 is 17.9. The van der Waals surface area contributed by atoms with E-state index in [0.29, 0.717) is 20.8 Å². The minimum atomic E-state index is -0.407. The van der Waals surface area contributed by atoms with E-state index in [1.54, 1.807) is 25.1 Å². The molecule has 0 saturated heterocycles. The first-order chi connectivity index (χ1) is 10.9. The summed E-state index contributed by atoms with van der Waals surface area (Å²) in [6.45, 7) is 3.78. The van der Waals surface area contributed by atoms with Crippen molar-refractivity contribution in [3.63, 3.8) is 0 Å². The molecule has 0 aliphatic rings. The average Bonchev–Trinajstić information content (AvgIpc) is 2.51. The Morgan fingerprint density at radius 3 is 2.22 bits per heavy atom. The van der Waals surface area contributed by atoms with Gasteiger partial charge in [0.25, 0.3) is 0 Å². The molecule has 0 heterocycles. The molecule has 6 heteroatoms. The number of nitrogens with one attached hydrogen (secondary N) is 2. The lowest BCUT2D eigenvalue weighted by atomic mass is 10.1. The van der Waals surface area contributed by atoms with Gasteiger partial charge in [0.15, 0.2) is 0 Å². The van der Waals surface area contributed by atoms with Gasteiger partial charge in [-0.25, -0.2) is 0 Å². The number of carbonyl (C=O) groups is 1. The van der Waals surface area contributed by atoms with Gasteiger partial charge in [-0.1, -0.05) is 46.9 Å². The summed E-state index contributed by atoms with van der Waals surface area (Å²) in [7, 11) is 0. The van der Waals surface area contributed by atoms with E-state index in [4.69, 9.17) is 34.8 Å². The predicted molar refractivity (Wildman–Crippen MR) is 97.6 cm³/mol. The zero-order valence-electron chi connectivity index (χ0n) is 12.7. The zero-order valence-corrected chi connectivity index (χ0v) is 15.0. The van der Waals surface area contributed by atoms with Crippen molar-refractivity contribution in [3.8, 4) is 0 Å². The largest absolute Gasteiger partial charge is 0.323 e. The second-order valence-corrected chi connectivity index (χ2v) is 6.56. The van der Waals surface area contributed by atoms with Gasteiger partial charge in [0.05, 0.1) is 16.8 Å². The topological polar surface area (TPSA) is 41.1 Å². The van der Waals surface area contributed by atoms with Crippen molar-refractivity contribution in [2.45, 2.75) is 25.9 Å². The fourth-order valence-corrected chi connectivity index (χ4v) is 2.60. The van der Waals surface area contributed by atoms with Crippen molar-refractivity contribution in [1.29, 1.82) is 0 Å². The van der Waals surface area contributed by atoms with Crippen LogP contribution in [0.15, 0.2) is 42.5 Å². The van der Waals surface area contributed by atoms with E-state index in [1.807, 2.05) is 31.2 Å². The molecule has 0 saturated carbocycles. The first kappa shape index (κ1) is 18.1. The smallest absolute Gasteiger partial charge is 0.241 e. The predicted octanol–water partition coefficient (Wildman–Crippen LogP) is 5.32. The minimum absolute atomic E-state index is 0.00264. The maximum atomic E-state index is 12.3. The van der Waals surface area contributed by atoms with Crippen LogP contribution in [0.5, 0.6) is 0 Å². The average molecular weight is 372 g/mol. The summed E-state index contributed by atoms with van der Waals surface area (Å²) in [5.74, 6) is -0.185. The van der Waals surface area contributed by atoms with E-state index >= 15 is 0 Å². The Morgan fingerprint density at radius 1 is 0.957 bits per heavy atom. The van der Waals surface area contributed by atoms with Crippen molar-refractivity contribution in [3.05, 3.63) is 63.1 Å². The highest BCUT2D eigenvalue weighted by Crippen LogP contribution is 2.25. The van der Waals surface area contributed by atoms with Gasteiger partial charge < -0.3 is 5.32 Å². The second kappa shape index (κ2) is 8.02. The van der Waals surface area contributed by atoms with Crippen LogP contribution < -0.4 is 10.6 Å². The van der Waals surface area contributed by atoms with Gasteiger partial charge in [0.2, 0.25) is 5.91 Å². The van der Waals surface area contributed by atoms with Gasteiger partial charge >= 0.3 is 0 Å². The van der Waals surface area contributed by atoms with Crippen LogP contribution in [0.25, 0.3) is 0 Å². The normalized spacial score (nSPS) is 13.4. The third-order valence-corrected chi connectivity index (χ3v) is 4.27. The molecular formula is C17H17Cl3N2O. The first-order valence-electron chi connectivity index (χ1n) is 7.14. The van der Waals surface area contributed by atoms with E-state index in [1.165, 1.54) is 0 Å². The Labute approximate surface area is 150 Å². The Morgan fingerprint density at radius 2 is 1.57 bits per heavy atom. The fraction of sp³-hybridized carbons (Fsp3) is 0.235. The van der Waals surface area contributed by atoms with E-state index in [2.05, 4.69) is 10.6 Å². The molecule has 1 amide bonds. The lowest BCUT2D eigenvalue weighted by Crippen LogP contribution is -2.39. The molecule has 2 N–H and O–H groups in total. The highest BCUT2D eigenvalue weighted by Gasteiger charge is 2.17. The third-order valence-electron chi connectivity index (χ3n) is 3.45. The van der Waals surface area contributed by atoms with Gasteiger partial charge in [-0.3, -0.25) is 10.1 Å². The number of hydrogen-bond acceptors (Lipinski definition) is 2. The van der Waals surface area contributed by atoms with Crippen molar-refractivity contribution in [2.24, 2.45) is 0 Å². The minimum Gasteiger partial charge on any atom is -0.323 e. The number of anilines is 1. The number of amides is 1. The lowest BCUT2D eigenvalue weighted by Gasteiger charge is -2.20. The molecule has 0 fully saturated rings.